The number of aliphatic hydroxyl groups is 2. The van der Waals surface area contributed by atoms with E-state index in [0.717, 1.165) is 38.5 Å². The molecule has 0 saturated heterocycles. The maximum absolute atomic E-state index is 10.7. The van der Waals surface area contributed by atoms with Crippen molar-refractivity contribution in [3.8, 4) is 12.3 Å². The number of rotatable bonds is 0. The van der Waals surface area contributed by atoms with E-state index in [-0.39, 0.29) is 16.9 Å². The molecule has 0 heterocycles. The Kier molecular flexibility index (Phi) is 3.33. The van der Waals surface area contributed by atoms with E-state index in [0.29, 0.717) is 17.8 Å². The Morgan fingerprint density at radius 1 is 1.22 bits per heavy atom. The summed E-state index contributed by atoms with van der Waals surface area (Å²) < 4.78 is 0. The number of aliphatic hydroxyl groups excluding tert-OH is 1. The van der Waals surface area contributed by atoms with Gasteiger partial charge < -0.3 is 10.2 Å². The van der Waals surface area contributed by atoms with Crippen LogP contribution in [0.2, 0.25) is 0 Å². The summed E-state index contributed by atoms with van der Waals surface area (Å²) in [5.41, 5.74) is 1.09. The molecule has 2 heteroatoms. The predicted molar refractivity (Wildman–Crippen MR) is 91.5 cm³/mol. The van der Waals surface area contributed by atoms with Gasteiger partial charge in [0.15, 0.2) is 0 Å². The molecule has 4 aliphatic rings. The maximum Gasteiger partial charge on any atom is 0.126 e. The first-order valence-corrected chi connectivity index (χ1v) is 9.37. The number of fused-ring (bicyclic) bond motifs is 5. The van der Waals surface area contributed by atoms with Crippen molar-refractivity contribution in [2.24, 2.45) is 28.6 Å². The molecule has 0 spiro atoms. The van der Waals surface area contributed by atoms with Crippen LogP contribution in [0.15, 0.2) is 11.6 Å². The average Bonchev–Trinajstić information content (AvgIpc) is 2.79. The van der Waals surface area contributed by atoms with Crippen LogP contribution < -0.4 is 0 Å². The van der Waals surface area contributed by atoms with Crippen LogP contribution in [-0.2, 0) is 0 Å². The molecular formula is C21H30O2. The summed E-state index contributed by atoms with van der Waals surface area (Å²) in [6.45, 7) is 4.79. The molecule has 0 unspecified atom stereocenters. The van der Waals surface area contributed by atoms with Crippen LogP contribution in [0.25, 0.3) is 0 Å². The molecule has 0 radical (unpaired) electrons. The Bertz CT molecular complexity index is 587. The summed E-state index contributed by atoms with van der Waals surface area (Å²) in [7, 11) is 0. The zero-order valence-electron chi connectivity index (χ0n) is 14.5. The molecule has 3 saturated carbocycles. The molecule has 2 N–H and O–H groups in total. The number of terminal acetylenes is 1. The highest BCUT2D eigenvalue weighted by Gasteiger charge is 2.60. The van der Waals surface area contributed by atoms with Crippen LogP contribution in [-0.4, -0.2) is 21.9 Å². The molecule has 0 bridgehead atoms. The van der Waals surface area contributed by atoms with E-state index in [1.54, 1.807) is 0 Å². The van der Waals surface area contributed by atoms with Crippen molar-refractivity contribution >= 4 is 0 Å². The fourth-order valence-electron chi connectivity index (χ4n) is 6.87. The van der Waals surface area contributed by atoms with Gasteiger partial charge in [0.1, 0.15) is 5.60 Å². The van der Waals surface area contributed by atoms with E-state index < -0.39 is 5.60 Å². The molecule has 4 rings (SSSR count). The second-order valence-electron chi connectivity index (χ2n) is 9.41. The van der Waals surface area contributed by atoms with Crippen LogP contribution in [0.4, 0.5) is 0 Å². The molecule has 0 aromatic rings. The SMILES string of the molecule is C#C[C@@]1(O)C[C@@H]2[C@H]3CC=C4C[C@@H](O)CC[C@]4(C)[C@@H]3CC[C@]2(C)C1. The molecule has 0 aromatic heterocycles. The van der Waals surface area contributed by atoms with Crippen molar-refractivity contribution in [2.45, 2.75) is 76.9 Å². The van der Waals surface area contributed by atoms with Gasteiger partial charge in [0.05, 0.1) is 6.10 Å². The van der Waals surface area contributed by atoms with Gasteiger partial charge in [-0.1, -0.05) is 31.4 Å². The van der Waals surface area contributed by atoms with Crippen LogP contribution in [0.5, 0.6) is 0 Å². The standard InChI is InChI=1S/C21H30O2/c1-4-21(23)12-18-16-6-5-14-11-15(22)7-10-20(14,3)17(16)8-9-19(18,2)13-21/h1,5,15-18,22-23H,6-13H2,2-3H3/t15-,16-,17+,18+,19+,20-,21+/m0/s1. The van der Waals surface area contributed by atoms with Crippen LogP contribution in [0.3, 0.4) is 0 Å². The third-order valence-corrected chi connectivity index (χ3v) is 8.12. The lowest BCUT2D eigenvalue weighted by atomic mass is 9.48. The van der Waals surface area contributed by atoms with E-state index >= 15 is 0 Å². The number of hydrogen-bond donors (Lipinski definition) is 2. The summed E-state index contributed by atoms with van der Waals surface area (Å²) in [6, 6.07) is 0. The topological polar surface area (TPSA) is 40.5 Å². The van der Waals surface area contributed by atoms with Crippen LogP contribution in [0, 0.1) is 40.9 Å². The summed E-state index contributed by atoms with van der Waals surface area (Å²) in [5, 5.41) is 20.8. The molecular weight excluding hydrogens is 284 g/mol. The molecule has 0 aromatic carbocycles. The Hall–Kier alpha value is -0.780. The first-order chi connectivity index (χ1) is 10.8. The van der Waals surface area contributed by atoms with Gasteiger partial charge in [-0.05, 0) is 80.0 Å². The van der Waals surface area contributed by atoms with Crippen molar-refractivity contribution in [1.29, 1.82) is 0 Å². The van der Waals surface area contributed by atoms with Crippen molar-refractivity contribution in [3.63, 3.8) is 0 Å². The fourth-order valence-corrected chi connectivity index (χ4v) is 6.87. The summed E-state index contributed by atoms with van der Waals surface area (Å²) >= 11 is 0. The number of allylic oxidation sites excluding steroid dienone is 1. The summed E-state index contributed by atoms with van der Waals surface area (Å²) in [6.07, 6.45) is 16.0. The quantitative estimate of drug-likeness (QED) is 0.529. The Balaban J connectivity index is 1.68. The molecule has 2 nitrogen and oxygen atoms in total. The van der Waals surface area contributed by atoms with Gasteiger partial charge in [-0.3, -0.25) is 0 Å². The second-order valence-corrected chi connectivity index (χ2v) is 9.41. The molecule has 126 valence electrons. The first-order valence-electron chi connectivity index (χ1n) is 9.37. The van der Waals surface area contributed by atoms with Crippen molar-refractivity contribution in [3.05, 3.63) is 11.6 Å². The zero-order valence-corrected chi connectivity index (χ0v) is 14.5. The molecule has 7 atom stereocenters. The first kappa shape index (κ1) is 15.7. The highest BCUT2D eigenvalue weighted by atomic mass is 16.3. The zero-order chi connectivity index (χ0) is 16.5. The van der Waals surface area contributed by atoms with Gasteiger partial charge in [0, 0.05) is 0 Å². The largest absolute Gasteiger partial charge is 0.393 e. The average molecular weight is 314 g/mol. The van der Waals surface area contributed by atoms with Gasteiger partial charge in [0.2, 0.25) is 0 Å². The minimum absolute atomic E-state index is 0.141. The Morgan fingerprint density at radius 3 is 2.74 bits per heavy atom. The monoisotopic (exact) mass is 314 g/mol. The third-order valence-electron chi connectivity index (χ3n) is 8.12. The number of hydrogen-bond acceptors (Lipinski definition) is 2. The lowest BCUT2D eigenvalue weighted by Gasteiger charge is -2.57. The lowest BCUT2D eigenvalue weighted by Crippen LogP contribution is -2.49. The van der Waals surface area contributed by atoms with E-state index in [2.05, 4.69) is 25.8 Å². The highest BCUT2D eigenvalue weighted by molar-refractivity contribution is 5.27. The Labute approximate surface area is 140 Å². The van der Waals surface area contributed by atoms with Crippen molar-refractivity contribution in [2.75, 3.05) is 0 Å². The normalized spacial score (nSPS) is 55.2. The van der Waals surface area contributed by atoms with E-state index in [4.69, 9.17) is 6.42 Å². The summed E-state index contributed by atoms with van der Waals surface area (Å²) in [5.74, 6) is 4.60. The van der Waals surface area contributed by atoms with Gasteiger partial charge in [-0.25, -0.2) is 0 Å². The Morgan fingerprint density at radius 2 is 2.00 bits per heavy atom. The van der Waals surface area contributed by atoms with Crippen molar-refractivity contribution < 1.29 is 10.2 Å². The van der Waals surface area contributed by atoms with E-state index in [9.17, 15) is 10.2 Å². The van der Waals surface area contributed by atoms with Gasteiger partial charge in [0.25, 0.3) is 0 Å². The molecule has 23 heavy (non-hydrogen) atoms. The maximum atomic E-state index is 10.7. The minimum atomic E-state index is -0.887. The lowest BCUT2D eigenvalue weighted by molar-refractivity contribution is -0.0360. The minimum Gasteiger partial charge on any atom is -0.393 e. The predicted octanol–water partition coefficient (Wildman–Crippen LogP) is 3.67. The molecule has 0 amide bonds. The molecule has 4 aliphatic carbocycles. The van der Waals surface area contributed by atoms with Crippen LogP contribution >= 0.6 is 0 Å². The van der Waals surface area contributed by atoms with Gasteiger partial charge >= 0.3 is 0 Å². The second kappa shape index (κ2) is 4.87. The van der Waals surface area contributed by atoms with E-state index in [1.165, 1.54) is 18.4 Å². The third kappa shape index (κ3) is 2.16. The fraction of sp³-hybridized carbons (Fsp3) is 0.810. The smallest absolute Gasteiger partial charge is 0.126 e. The van der Waals surface area contributed by atoms with Gasteiger partial charge in [-0.15, -0.1) is 6.42 Å². The van der Waals surface area contributed by atoms with Gasteiger partial charge in [-0.2, -0.15) is 0 Å². The summed E-state index contributed by atoms with van der Waals surface area (Å²) in [4.78, 5) is 0. The highest BCUT2D eigenvalue weighted by Crippen LogP contribution is 2.66. The van der Waals surface area contributed by atoms with Crippen molar-refractivity contribution in [1.82, 2.24) is 0 Å². The molecule has 0 aliphatic heterocycles. The van der Waals surface area contributed by atoms with Crippen LogP contribution in [0.1, 0.15) is 65.2 Å². The molecule has 3 fully saturated rings. The van der Waals surface area contributed by atoms with E-state index in [1.807, 2.05) is 0 Å².